The Bertz CT molecular complexity index is 914. The fourth-order valence-electron chi connectivity index (χ4n) is 3.64. The number of hydrogen-bond acceptors (Lipinski definition) is 6. The number of ether oxygens (including phenoxy) is 1. The molecule has 1 aromatic carbocycles. The maximum atomic E-state index is 13.2. The monoisotopic (exact) mass is 518 g/mol. The molecular formula is C28H46N4O5. The van der Waals surface area contributed by atoms with Crippen molar-refractivity contribution in [3.05, 3.63) is 29.8 Å². The van der Waals surface area contributed by atoms with Gasteiger partial charge in [-0.2, -0.15) is 0 Å². The molecule has 1 rings (SSSR count). The first kappa shape index (κ1) is 32.1. The molecule has 9 nitrogen and oxygen atoms in total. The number of urea groups is 1. The van der Waals surface area contributed by atoms with Crippen LogP contribution in [0.1, 0.15) is 80.2 Å². The normalized spacial score (nSPS) is 13.5. The van der Waals surface area contributed by atoms with Crippen LogP contribution < -0.4 is 21.7 Å². The summed E-state index contributed by atoms with van der Waals surface area (Å²) >= 11 is 0. The average Bonchev–Trinajstić information content (AvgIpc) is 2.77. The lowest BCUT2D eigenvalue weighted by Crippen LogP contribution is -2.51. The van der Waals surface area contributed by atoms with Crippen molar-refractivity contribution >= 4 is 29.4 Å². The first-order valence-electron chi connectivity index (χ1n) is 12.9. The van der Waals surface area contributed by atoms with Crippen LogP contribution in [0, 0.1) is 17.3 Å². The molecule has 0 aliphatic heterocycles. The maximum absolute atomic E-state index is 13.2. The van der Waals surface area contributed by atoms with E-state index < -0.39 is 17.4 Å². The molecule has 37 heavy (non-hydrogen) atoms. The van der Waals surface area contributed by atoms with Gasteiger partial charge in [0.25, 0.3) is 0 Å². The molecule has 0 bridgehead atoms. The standard InChI is InChI=1S/C28H46N4O5/c1-18(2)23(32-28(6,7)8)22(33)16-20(10-9-15-30-26(29)36)24(34)31-21-13-11-19(12-14-21)17-37-25(35)27(3,4)5/h11-14,18,20,23,32H,9-10,15-17H2,1-8H3,(H,31,34)(H3,29,30,36)/t20-,23+/m1/s1. The molecule has 1 aromatic rings. The Labute approximate surface area is 221 Å². The summed E-state index contributed by atoms with van der Waals surface area (Å²) in [6, 6.07) is 6.04. The zero-order chi connectivity index (χ0) is 28.4. The average molecular weight is 519 g/mol. The van der Waals surface area contributed by atoms with Gasteiger partial charge in [-0.25, -0.2) is 4.79 Å². The lowest BCUT2D eigenvalue weighted by molar-refractivity contribution is -0.154. The molecule has 9 heteroatoms. The van der Waals surface area contributed by atoms with Crippen molar-refractivity contribution in [1.82, 2.24) is 10.6 Å². The number of rotatable bonds is 13. The summed E-state index contributed by atoms with van der Waals surface area (Å²) in [6.45, 7) is 15.8. The minimum atomic E-state index is -0.625. The largest absolute Gasteiger partial charge is 0.460 e. The Morgan fingerprint density at radius 1 is 0.973 bits per heavy atom. The van der Waals surface area contributed by atoms with E-state index in [2.05, 4.69) is 16.0 Å². The number of nitrogens with two attached hydrogens (primary N) is 1. The summed E-state index contributed by atoms with van der Waals surface area (Å²) in [6.07, 6.45) is 1.000. The van der Waals surface area contributed by atoms with Gasteiger partial charge < -0.3 is 26.4 Å². The van der Waals surface area contributed by atoms with Gasteiger partial charge >= 0.3 is 12.0 Å². The van der Waals surface area contributed by atoms with Crippen molar-refractivity contribution in [2.75, 3.05) is 11.9 Å². The number of carbonyl (C=O) groups excluding carboxylic acids is 4. The highest BCUT2D eigenvalue weighted by Gasteiger charge is 2.30. The molecule has 0 aliphatic carbocycles. The third-order valence-electron chi connectivity index (χ3n) is 5.65. The van der Waals surface area contributed by atoms with Gasteiger partial charge in [0.2, 0.25) is 5.91 Å². The minimum Gasteiger partial charge on any atom is -0.460 e. The number of anilines is 1. The summed E-state index contributed by atoms with van der Waals surface area (Å²) in [5, 5.41) is 8.80. The zero-order valence-electron chi connectivity index (χ0n) is 23.7. The number of amides is 3. The van der Waals surface area contributed by atoms with E-state index in [1.54, 1.807) is 45.0 Å². The number of ketones is 1. The zero-order valence-corrected chi connectivity index (χ0v) is 23.7. The number of benzene rings is 1. The molecule has 0 saturated carbocycles. The van der Waals surface area contributed by atoms with Crippen molar-refractivity contribution in [3.63, 3.8) is 0 Å². The Morgan fingerprint density at radius 3 is 2.05 bits per heavy atom. The second-order valence-corrected chi connectivity index (χ2v) is 11.9. The molecule has 0 heterocycles. The van der Waals surface area contributed by atoms with Crippen LogP contribution in [-0.2, 0) is 25.7 Å². The molecule has 2 atom stereocenters. The van der Waals surface area contributed by atoms with Gasteiger partial charge in [-0.1, -0.05) is 26.0 Å². The highest BCUT2D eigenvalue weighted by Crippen LogP contribution is 2.21. The first-order chi connectivity index (χ1) is 17.0. The van der Waals surface area contributed by atoms with E-state index in [9.17, 15) is 19.2 Å². The summed E-state index contributed by atoms with van der Waals surface area (Å²) in [7, 11) is 0. The van der Waals surface area contributed by atoms with Gasteiger partial charge in [0, 0.05) is 30.1 Å². The third-order valence-corrected chi connectivity index (χ3v) is 5.65. The number of Topliss-reactive ketones (excluding diaryl/α,β-unsaturated/α-hetero) is 1. The molecule has 3 amide bonds. The SMILES string of the molecule is CC(C)[C@H](NC(C)(C)C)C(=O)C[C@@H](CCCNC(N)=O)C(=O)Nc1ccc(COC(=O)C(C)(C)C)cc1. The highest BCUT2D eigenvalue weighted by molar-refractivity contribution is 5.96. The topological polar surface area (TPSA) is 140 Å². The third kappa shape index (κ3) is 12.7. The molecule has 5 N–H and O–H groups in total. The minimum absolute atomic E-state index is 0.0241. The first-order valence-corrected chi connectivity index (χ1v) is 12.9. The Morgan fingerprint density at radius 2 is 1.57 bits per heavy atom. The van der Waals surface area contributed by atoms with Gasteiger partial charge in [0.05, 0.1) is 11.5 Å². The van der Waals surface area contributed by atoms with Gasteiger partial charge in [0.15, 0.2) is 5.78 Å². The van der Waals surface area contributed by atoms with Crippen molar-refractivity contribution in [2.24, 2.45) is 23.0 Å². The molecule has 0 saturated heterocycles. The van der Waals surface area contributed by atoms with Crippen LogP contribution in [-0.4, -0.2) is 41.8 Å². The number of primary amides is 1. The number of hydrogen-bond donors (Lipinski definition) is 4. The lowest BCUT2D eigenvalue weighted by Gasteiger charge is -2.31. The van der Waals surface area contributed by atoms with Crippen LogP contribution in [0.4, 0.5) is 10.5 Å². The fourth-order valence-corrected chi connectivity index (χ4v) is 3.64. The predicted molar refractivity (Wildman–Crippen MR) is 146 cm³/mol. The van der Waals surface area contributed by atoms with E-state index in [1.165, 1.54) is 0 Å². The van der Waals surface area contributed by atoms with E-state index in [0.717, 1.165) is 5.56 Å². The smallest absolute Gasteiger partial charge is 0.312 e. The number of carbonyl (C=O) groups is 4. The van der Waals surface area contributed by atoms with Crippen LogP contribution in [0.15, 0.2) is 24.3 Å². The Balaban J connectivity index is 2.90. The van der Waals surface area contributed by atoms with Crippen LogP contribution >= 0.6 is 0 Å². The summed E-state index contributed by atoms with van der Waals surface area (Å²) in [4.78, 5) is 49.4. The van der Waals surface area contributed by atoms with E-state index >= 15 is 0 Å². The molecule has 208 valence electrons. The van der Waals surface area contributed by atoms with E-state index in [0.29, 0.717) is 25.1 Å². The van der Waals surface area contributed by atoms with Crippen molar-refractivity contribution in [1.29, 1.82) is 0 Å². The quantitative estimate of drug-likeness (QED) is 0.228. The Kier molecular flexibility index (Phi) is 12.2. The Hall–Kier alpha value is -2.94. The van der Waals surface area contributed by atoms with Gasteiger partial charge in [-0.15, -0.1) is 0 Å². The molecule has 0 radical (unpaired) electrons. The van der Waals surface area contributed by atoms with E-state index in [-0.39, 0.29) is 48.2 Å². The molecular weight excluding hydrogens is 472 g/mol. The number of nitrogens with one attached hydrogen (secondary N) is 3. The predicted octanol–water partition coefficient (Wildman–Crippen LogP) is 4.15. The van der Waals surface area contributed by atoms with E-state index in [1.807, 2.05) is 34.6 Å². The van der Waals surface area contributed by atoms with Crippen molar-refractivity contribution in [3.8, 4) is 0 Å². The molecule has 0 spiro atoms. The van der Waals surface area contributed by atoms with Crippen molar-refractivity contribution in [2.45, 2.75) is 92.8 Å². The van der Waals surface area contributed by atoms with Gasteiger partial charge in [-0.3, -0.25) is 14.4 Å². The lowest BCUT2D eigenvalue weighted by atomic mass is 9.88. The van der Waals surface area contributed by atoms with Crippen molar-refractivity contribution < 1.29 is 23.9 Å². The van der Waals surface area contributed by atoms with E-state index in [4.69, 9.17) is 10.5 Å². The molecule has 0 unspecified atom stereocenters. The molecule has 0 aliphatic rings. The number of esters is 1. The molecule has 0 fully saturated rings. The second-order valence-electron chi connectivity index (χ2n) is 11.9. The van der Waals surface area contributed by atoms with Gasteiger partial charge in [-0.05, 0) is 78.0 Å². The molecule has 0 aromatic heterocycles. The fraction of sp³-hybridized carbons (Fsp3) is 0.643. The van der Waals surface area contributed by atoms with Gasteiger partial charge in [0.1, 0.15) is 6.61 Å². The van der Waals surface area contributed by atoms with Crippen LogP contribution in [0.3, 0.4) is 0 Å². The second kappa shape index (κ2) is 14.1. The maximum Gasteiger partial charge on any atom is 0.312 e. The van der Waals surface area contributed by atoms with Crippen LogP contribution in [0.5, 0.6) is 0 Å². The highest BCUT2D eigenvalue weighted by atomic mass is 16.5. The summed E-state index contributed by atoms with van der Waals surface area (Å²) in [5.74, 6) is -1.09. The van der Waals surface area contributed by atoms with Crippen LogP contribution in [0.2, 0.25) is 0 Å². The summed E-state index contributed by atoms with van der Waals surface area (Å²) < 4.78 is 5.33. The summed E-state index contributed by atoms with van der Waals surface area (Å²) in [5.41, 5.74) is 5.68. The van der Waals surface area contributed by atoms with Crippen LogP contribution in [0.25, 0.3) is 0 Å².